The van der Waals surface area contributed by atoms with Crippen LogP contribution in [0.4, 0.5) is 5.82 Å². The molecule has 2 fully saturated rings. The molecule has 2 aliphatic rings. The van der Waals surface area contributed by atoms with E-state index in [-0.39, 0.29) is 29.7 Å². The van der Waals surface area contributed by atoms with E-state index < -0.39 is 0 Å². The van der Waals surface area contributed by atoms with Gasteiger partial charge in [-0.15, -0.1) is 0 Å². The van der Waals surface area contributed by atoms with E-state index in [1.807, 2.05) is 13.0 Å². The highest BCUT2D eigenvalue weighted by molar-refractivity contribution is 14.1. The van der Waals surface area contributed by atoms with E-state index in [1.54, 1.807) is 6.20 Å². The highest BCUT2D eigenvalue weighted by Gasteiger charge is 2.32. The number of hydrogen-bond acceptors (Lipinski definition) is 4. The number of halogens is 1. The minimum absolute atomic E-state index is 0.00641. The second-order valence-electron chi connectivity index (χ2n) is 6.61. The van der Waals surface area contributed by atoms with E-state index in [0.29, 0.717) is 25.5 Å². The average Bonchev–Trinajstić information content (AvgIpc) is 2.49. The lowest BCUT2D eigenvalue weighted by Crippen LogP contribution is -2.48. The minimum atomic E-state index is -0.0811. The zero-order valence-corrected chi connectivity index (χ0v) is 15.8. The molecule has 2 amide bonds. The second-order valence-corrected chi connectivity index (χ2v) is 7.77. The molecule has 1 saturated heterocycles. The molecule has 1 aliphatic heterocycles. The monoisotopic (exact) mass is 443 g/mol. The van der Waals surface area contributed by atoms with Gasteiger partial charge in [0, 0.05) is 21.7 Å². The number of nitrogens with one attached hydrogen (secondary N) is 2. The van der Waals surface area contributed by atoms with Crippen molar-refractivity contribution in [2.45, 2.75) is 38.6 Å². The quantitative estimate of drug-likeness (QED) is 0.700. The predicted molar refractivity (Wildman–Crippen MR) is 98.5 cm³/mol. The van der Waals surface area contributed by atoms with Crippen molar-refractivity contribution in [3.8, 4) is 0 Å². The van der Waals surface area contributed by atoms with Crippen molar-refractivity contribution < 1.29 is 14.3 Å². The fourth-order valence-corrected chi connectivity index (χ4v) is 3.50. The van der Waals surface area contributed by atoms with Gasteiger partial charge in [-0.25, -0.2) is 4.98 Å². The second kappa shape index (κ2) is 7.77. The van der Waals surface area contributed by atoms with Gasteiger partial charge in [-0.2, -0.15) is 0 Å². The molecule has 0 spiro atoms. The van der Waals surface area contributed by atoms with Gasteiger partial charge in [-0.05, 0) is 60.4 Å². The van der Waals surface area contributed by atoms with Gasteiger partial charge in [0.15, 0.2) is 0 Å². The number of nitrogens with zero attached hydrogens (tertiary/aromatic N) is 1. The number of aryl methyl sites for hydroxylation is 1. The van der Waals surface area contributed by atoms with Gasteiger partial charge in [0.25, 0.3) is 0 Å². The lowest BCUT2D eigenvalue weighted by molar-refractivity contribution is -0.140. The molecule has 0 radical (unpaired) electrons. The van der Waals surface area contributed by atoms with Crippen molar-refractivity contribution in [1.29, 1.82) is 0 Å². The van der Waals surface area contributed by atoms with Crippen LogP contribution < -0.4 is 10.6 Å². The lowest BCUT2D eigenvalue weighted by Gasteiger charge is -2.32. The molecule has 1 aliphatic carbocycles. The molecule has 2 N–H and O–H groups in total. The molecule has 2 heterocycles. The Hall–Kier alpha value is -1.22. The number of amides is 2. The van der Waals surface area contributed by atoms with Crippen molar-refractivity contribution in [2.24, 2.45) is 11.8 Å². The highest BCUT2D eigenvalue weighted by Crippen LogP contribution is 2.26. The maximum Gasteiger partial charge on any atom is 0.228 e. The van der Waals surface area contributed by atoms with Crippen molar-refractivity contribution in [3.05, 3.63) is 21.4 Å². The molecule has 6 nitrogen and oxygen atoms in total. The van der Waals surface area contributed by atoms with E-state index in [0.717, 1.165) is 28.4 Å². The average molecular weight is 443 g/mol. The number of aromatic nitrogens is 1. The van der Waals surface area contributed by atoms with Crippen LogP contribution in [0, 0.1) is 22.3 Å². The molecule has 1 saturated carbocycles. The molecule has 24 heavy (non-hydrogen) atoms. The molecule has 1 aromatic rings. The standard InChI is InChI=1S/C17H22IN3O3/c1-10-7-19-15(6-14(10)18)21-16(22)11-3-2-4-13(5-11)20-17(23)12-8-24-9-12/h6-7,11-13H,2-5,8-9H2,1H3,(H,20,23)(H,19,21,22)/t11-,13+/m0/s1. The highest BCUT2D eigenvalue weighted by atomic mass is 127. The number of rotatable bonds is 4. The topological polar surface area (TPSA) is 80.3 Å². The summed E-state index contributed by atoms with van der Waals surface area (Å²) in [6, 6.07) is 1.96. The number of hydrogen-bond donors (Lipinski definition) is 2. The molecule has 130 valence electrons. The first-order chi connectivity index (χ1) is 11.5. The molecule has 1 aromatic heterocycles. The number of carbonyl (C=O) groups is 2. The lowest BCUT2D eigenvalue weighted by atomic mass is 9.84. The fraction of sp³-hybridized carbons (Fsp3) is 0.588. The Morgan fingerprint density at radius 1 is 1.25 bits per heavy atom. The molecule has 3 rings (SSSR count). The van der Waals surface area contributed by atoms with Crippen LogP contribution >= 0.6 is 22.6 Å². The Balaban J connectivity index is 1.54. The summed E-state index contributed by atoms with van der Waals surface area (Å²) in [6.07, 6.45) is 5.19. The molecular formula is C17H22IN3O3. The SMILES string of the molecule is Cc1cnc(NC(=O)[C@H]2CCC[C@@H](NC(=O)C3COC3)C2)cc1I. The summed E-state index contributed by atoms with van der Waals surface area (Å²) in [7, 11) is 0. The zero-order chi connectivity index (χ0) is 17.1. The van der Waals surface area contributed by atoms with E-state index in [2.05, 4.69) is 38.2 Å². The summed E-state index contributed by atoms with van der Waals surface area (Å²) in [4.78, 5) is 28.8. The van der Waals surface area contributed by atoms with Crippen LogP contribution in [0.5, 0.6) is 0 Å². The van der Waals surface area contributed by atoms with Crippen LogP contribution in [0.2, 0.25) is 0 Å². The van der Waals surface area contributed by atoms with Crippen molar-refractivity contribution >= 4 is 40.2 Å². The van der Waals surface area contributed by atoms with Crippen LogP contribution in [0.15, 0.2) is 12.3 Å². The largest absolute Gasteiger partial charge is 0.380 e. The van der Waals surface area contributed by atoms with E-state index in [4.69, 9.17) is 4.74 Å². The van der Waals surface area contributed by atoms with Crippen molar-refractivity contribution in [2.75, 3.05) is 18.5 Å². The van der Waals surface area contributed by atoms with Crippen LogP contribution in [-0.2, 0) is 14.3 Å². The zero-order valence-electron chi connectivity index (χ0n) is 13.7. The molecule has 0 unspecified atom stereocenters. The minimum Gasteiger partial charge on any atom is -0.380 e. The third-order valence-electron chi connectivity index (χ3n) is 4.69. The Kier molecular flexibility index (Phi) is 5.70. The Bertz CT molecular complexity index is 634. The van der Waals surface area contributed by atoms with Crippen molar-refractivity contribution in [1.82, 2.24) is 10.3 Å². The van der Waals surface area contributed by atoms with E-state index >= 15 is 0 Å². The number of pyridine rings is 1. The molecule has 7 heteroatoms. The van der Waals surface area contributed by atoms with Crippen LogP contribution in [0.1, 0.15) is 31.2 Å². The van der Waals surface area contributed by atoms with Gasteiger partial charge in [0.2, 0.25) is 11.8 Å². The summed E-state index contributed by atoms with van der Waals surface area (Å²) >= 11 is 2.23. The Labute approximate surface area is 155 Å². The van der Waals surface area contributed by atoms with Gasteiger partial charge in [0.05, 0.1) is 19.1 Å². The first-order valence-electron chi connectivity index (χ1n) is 8.34. The Morgan fingerprint density at radius 3 is 2.71 bits per heavy atom. The van der Waals surface area contributed by atoms with Crippen molar-refractivity contribution in [3.63, 3.8) is 0 Å². The normalized spacial score (nSPS) is 24.1. The summed E-state index contributed by atoms with van der Waals surface area (Å²) in [5.41, 5.74) is 1.09. The summed E-state index contributed by atoms with van der Waals surface area (Å²) < 4.78 is 6.13. The molecule has 0 bridgehead atoms. The van der Waals surface area contributed by atoms with Gasteiger partial charge in [-0.3, -0.25) is 9.59 Å². The van der Waals surface area contributed by atoms with Gasteiger partial charge < -0.3 is 15.4 Å². The van der Waals surface area contributed by atoms with Gasteiger partial charge >= 0.3 is 0 Å². The van der Waals surface area contributed by atoms with Gasteiger partial charge in [-0.1, -0.05) is 6.42 Å². The van der Waals surface area contributed by atoms with Crippen LogP contribution in [-0.4, -0.2) is 36.1 Å². The first-order valence-corrected chi connectivity index (χ1v) is 9.42. The van der Waals surface area contributed by atoms with Crippen LogP contribution in [0.3, 0.4) is 0 Å². The maximum atomic E-state index is 12.5. The third-order valence-corrected chi connectivity index (χ3v) is 5.85. The summed E-state index contributed by atoms with van der Waals surface area (Å²) in [5, 5.41) is 5.98. The van der Waals surface area contributed by atoms with E-state index in [1.165, 1.54) is 0 Å². The smallest absolute Gasteiger partial charge is 0.228 e. The Morgan fingerprint density at radius 2 is 2.04 bits per heavy atom. The number of ether oxygens (including phenoxy) is 1. The summed E-state index contributed by atoms with van der Waals surface area (Å²) in [6.45, 7) is 3.02. The van der Waals surface area contributed by atoms with E-state index in [9.17, 15) is 9.59 Å². The van der Waals surface area contributed by atoms with Crippen LogP contribution in [0.25, 0.3) is 0 Å². The number of anilines is 1. The maximum absolute atomic E-state index is 12.5. The molecule has 0 aromatic carbocycles. The molecular weight excluding hydrogens is 421 g/mol. The fourth-order valence-electron chi connectivity index (χ4n) is 3.06. The summed E-state index contributed by atoms with van der Waals surface area (Å²) in [5.74, 6) is 0.545. The third kappa shape index (κ3) is 4.24. The number of carbonyl (C=O) groups excluding carboxylic acids is 2. The van der Waals surface area contributed by atoms with Gasteiger partial charge in [0.1, 0.15) is 5.82 Å². The predicted octanol–water partition coefficient (Wildman–Crippen LogP) is 2.25. The molecule has 2 atom stereocenters. The first kappa shape index (κ1) is 17.6.